The van der Waals surface area contributed by atoms with Gasteiger partial charge in [-0.05, 0) is 38.4 Å². The summed E-state index contributed by atoms with van der Waals surface area (Å²) in [6, 6.07) is 5.04. The normalized spacial score (nSPS) is 17.6. The molecule has 34 heavy (non-hydrogen) atoms. The summed E-state index contributed by atoms with van der Waals surface area (Å²) >= 11 is 0. The maximum atomic E-state index is 14.5. The van der Waals surface area contributed by atoms with Crippen LogP contribution in [0, 0.1) is 12.7 Å². The lowest BCUT2D eigenvalue weighted by Crippen LogP contribution is -2.55. The second-order valence-corrected chi connectivity index (χ2v) is 9.26. The van der Waals surface area contributed by atoms with Crippen molar-refractivity contribution in [2.75, 3.05) is 36.4 Å². The maximum absolute atomic E-state index is 14.5. The van der Waals surface area contributed by atoms with E-state index in [1.807, 2.05) is 6.07 Å². The molecule has 6 rings (SSSR count). The molecule has 0 atom stereocenters. The van der Waals surface area contributed by atoms with Crippen molar-refractivity contribution in [3.63, 3.8) is 0 Å². The molecular formula is C25H26FN7O. The van der Waals surface area contributed by atoms with E-state index in [0.717, 1.165) is 31.9 Å². The summed E-state index contributed by atoms with van der Waals surface area (Å²) in [5, 5.41) is 2.81. The first-order chi connectivity index (χ1) is 16.5. The molecule has 1 saturated heterocycles. The van der Waals surface area contributed by atoms with Crippen molar-refractivity contribution in [1.82, 2.24) is 24.3 Å². The predicted molar refractivity (Wildman–Crippen MR) is 129 cm³/mol. The Kier molecular flexibility index (Phi) is 4.77. The molecule has 0 bridgehead atoms. The van der Waals surface area contributed by atoms with Crippen molar-refractivity contribution in [2.45, 2.75) is 32.2 Å². The molecule has 4 heterocycles. The van der Waals surface area contributed by atoms with Gasteiger partial charge in [-0.25, -0.2) is 9.37 Å². The highest BCUT2D eigenvalue weighted by Crippen LogP contribution is 2.45. The number of halogens is 1. The minimum atomic E-state index is -0.494. The molecule has 1 N–H and O–H groups in total. The van der Waals surface area contributed by atoms with Gasteiger partial charge in [-0.15, -0.1) is 0 Å². The Morgan fingerprint density at radius 3 is 2.71 bits per heavy atom. The molecular weight excluding hydrogens is 433 g/mol. The van der Waals surface area contributed by atoms with Crippen LogP contribution in [0.15, 0.2) is 43.0 Å². The number of fused-ring (bicyclic) bond motifs is 2. The smallest absolute Gasteiger partial charge is 0.257 e. The molecule has 1 aromatic carbocycles. The number of carbonyl (C=O) groups excluding carboxylic acids is 1. The van der Waals surface area contributed by atoms with Gasteiger partial charge in [-0.3, -0.25) is 19.7 Å². The summed E-state index contributed by atoms with van der Waals surface area (Å²) in [5.74, 6) is -0.853. The fraction of sp³-hybridized carbons (Fsp3) is 0.360. The number of aromatic nitrogens is 4. The molecule has 2 aliphatic rings. The number of aryl methyl sites for hydroxylation is 1. The number of likely N-dealkylation sites (N-methyl/N-ethyl adjacent to an activating group) is 1. The predicted octanol–water partition coefficient (Wildman–Crippen LogP) is 3.65. The lowest BCUT2D eigenvalue weighted by Gasteiger charge is -2.43. The molecule has 0 unspecified atom stereocenters. The van der Waals surface area contributed by atoms with Crippen molar-refractivity contribution in [2.24, 2.45) is 0 Å². The van der Waals surface area contributed by atoms with E-state index in [1.165, 1.54) is 18.9 Å². The van der Waals surface area contributed by atoms with Crippen molar-refractivity contribution >= 4 is 34.0 Å². The summed E-state index contributed by atoms with van der Waals surface area (Å²) in [6.07, 6.45) is 9.07. The van der Waals surface area contributed by atoms with E-state index in [0.29, 0.717) is 28.0 Å². The Bertz CT molecular complexity index is 1430. The number of rotatable bonds is 4. The monoisotopic (exact) mass is 459 g/mol. The first-order valence-electron chi connectivity index (χ1n) is 11.7. The summed E-state index contributed by atoms with van der Waals surface area (Å²) < 4.78 is 16.1. The second kappa shape index (κ2) is 7.73. The van der Waals surface area contributed by atoms with Gasteiger partial charge in [0.05, 0.1) is 22.6 Å². The van der Waals surface area contributed by atoms with Crippen LogP contribution in [0.4, 0.5) is 15.8 Å². The van der Waals surface area contributed by atoms with Crippen LogP contribution in [-0.4, -0.2) is 61.9 Å². The van der Waals surface area contributed by atoms with Gasteiger partial charge < -0.3 is 14.6 Å². The summed E-state index contributed by atoms with van der Waals surface area (Å²) in [6.45, 7) is 7.98. The minimum Gasteiger partial charge on any atom is -0.367 e. The van der Waals surface area contributed by atoms with E-state index in [1.54, 1.807) is 42.2 Å². The molecule has 1 saturated carbocycles. The highest BCUT2D eigenvalue weighted by Gasteiger charge is 2.50. The molecule has 174 valence electrons. The molecule has 1 amide bonds. The van der Waals surface area contributed by atoms with Crippen LogP contribution in [0.3, 0.4) is 0 Å². The third-order valence-corrected chi connectivity index (χ3v) is 7.08. The van der Waals surface area contributed by atoms with Gasteiger partial charge in [-0.1, -0.05) is 6.92 Å². The standard InChI is InChI=1S/C25H26FN7O/c1-3-33-11-10-31(15-25(33)6-7-25)20-5-4-18(21-22(20)28-9-8-27-21)24(34)30-17-12-19(26)23-29-16(2)13-32(23)14-17/h4-5,8-9,12-14H,3,6-7,10-11,15H2,1-2H3,(H,30,34). The zero-order valence-electron chi connectivity index (χ0n) is 19.3. The topological polar surface area (TPSA) is 78.7 Å². The molecule has 1 aliphatic heterocycles. The van der Waals surface area contributed by atoms with Crippen LogP contribution in [0.1, 0.15) is 35.8 Å². The van der Waals surface area contributed by atoms with Gasteiger partial charge in [0.15, 0.2) is 11.5 Å². The van der Waals surface area contributed by atoms with Crippen LogP contribution in [0.2, 0.25) is 0 Å². The van der Waals surface area contributed by atoms with Crippen molar-refractivity contribution in [3.05, 3.63) is 60.1 Å². The Morgan fingerprint density at radius 1 is 1.15 bits per heavy atom. The highest BCUT2D eigenvalue weighted by atomic mass is 19.1. The van der Waals surface area contributed by atoms with E-state index < -0.39 is 5.82 Å². The lowest BCUT2D eigenvalue weighted by molar-refractivity contribution is 0.102. The summed E-state index contributed by atoms with van der Waals surface area (Å²) in [7, 11) is 0. The van der Waals surface area contributed by atoms with Gasteiger partial charge in [0.25, 0.3) is 5.91 Å². The number of nitrogens with zero attached hydrogens (tertiary/aromatic N) is 6. The number of carbonyl (C=O) groups is 1. The van der Waals surface area contributed by atoms with Crippen LogP contribution >= 0.6 is 0 Å². The third kappa shape index (κ3) is 3.38. The zero-order chi connectivity index (χ0) is 23.4. The number of piperazine rings is 1. The van der Waals surface area contributed by atoms with Crippen molar-refractivity contribution in [3.8, 4) is 0 Å². The third-order valence-electron chi connectivity index (χ3n) is 7.08. The molecule has 9 heteroatoms. The lowest BCUT2D eigenvalue weighted by atomic mass is 10.1. The van der Waals surface area contributed by atoms with Crippen molar-refractivity contribution < 1.29 is 9.18 Å². The first-order valence-corrected chi connectivity index (χ1v) is 11.7. The van der Waals surface area contributed by atoms with Gasteiger partial charge in [0, 0.05) is 56.0 Å². The minimum absolute atomic E-state index is 0.229. The molecule has 2 fully saturated rings. The zero-order valence-corrected chi connectivity index (χ0v) is 19.3. The van der Waals surface area contributed by atoms with E-state index in [9.17, 15) is 9.18 Å². The number of nitrogens with one attached hydrogen (secondary N) is 1. The molecule has 3 aromatic heterocycles. The van der Waals surface area contributed by atoms with E-state index in [-0.39, 0.29) is 17.1 Å². The largest absolute Gasteiger partial charge is 0.367 e. The molecule has 1 spiro atoms. The fourth-order valence-electron chi connectivity index (χ4n) is 5.26. The number of amides is 1. The quantitative estimate of drug-likeness (QED) is 0.502. The Morgan fingerprint density at radius 2 is 1.94 bits per heavy atom. The van der Waals surface area contributed by atoms with Gasteiger partial charge in [0.2, 0.25) is 0 Å². The van der Waals surface area contributed by atoms with Gasteiger partial charge >= 0.3 is 0 Å². The van der Waals surface area contributed by atoms with E-state index >= 15 is 0 Å². The number of imidazole rings is 1. The fourth-order valence-corrected chi connectivity index (χ4v) is 5.26. The van der Waals surface area contributed by atoms with Crippen LogP contribution in [-0.2, 0) is 0 Å². The summed E-state index contributed by atoms with van der Waals surface area (Å²) in [4.78, 5) is 31.4. The average Bonchev–Trinajstić information content (AvgIpc) is 3.48. The molecule has 4 aromatic rings. The van der Waals surface area contributed by atoms with Crippen LogP contribution in [0.25, 0.3) is 16.7 Å². The highest BCUT2D eigenvalue weighted by molar-refractivity contribution is 6.13. The second-order valence-electron chi connectivity index (χ2n) is 9.26. The number of benzene rings is 1. The maximum Gasteiger partial charge on any atom is 0.257 e. The van der Waals surface area contributed by atoms with E-state index in [2.05, 4.69) is 37.0 Å². The van der Waals surface area contributed by atoms with Gasteiger partial charge in [-0.2, -0.15) is 0 Å². The van der Waals surface area contributed by atoms with Crippen LogP contribution in [0.5, 0.6) is 0 Å². The first kappa shape index (κ1) is 21.0. The number of hydrogen-bond donors (Lipinski definition) is 1. The van der Waals surface area contributed by atoms with Gasteiger partial charge in [0.1, 0.15) is 11.0 Å². The number of anilines is 2. The Hall–Kier alpha value is -3.59. The van der Waals surface area contributed by atoms with Crippen molar-refractivity contribution in [1.29, 1.82) is 0 Å². The SMILES string of the molecule is CCN1CCN(c2ccc(C(=O)Nc3cc(F)c4nc(C)cn4c3)c3nccnc23)CC12CC2. The number of pyridine rings is 1. The Labute approximate surface area is 196 Å². The van der Waals surface area contributed by atoms with Crippen LogP contribution < -0.4 is 10.2 Å². The molecule has 8 nitrogen and oxygen atoms in total. The average molecular weight is 460 g/mol. The van der Waals surface area contributed by atoms with E-state index in [4.69, 9.17) is 0 Å². The Balaban J connectivity index is 1.33. The molecule has 1 aliphatic carbocycles. The summed E-state index contributed by atoms with van der Waals surface area (Å²) in [5.41, 5.74) is 4.21. The molecule has 0 radical (unpaired) electrons. The number of hydrogen-bond acceptors (Lipinski definition) is 6.